The van der Waals surface area contributed by atoms with E-state index in [4.69, 9.17) is 0 Å². The van der Waals surface area contributed by atoms with Crippen LogP contribution in [-0.2, 0) is 6.54 Å². The van der Waals surface area contributed by atoms with Crippen LogP contribution in [0.4, 0.5) is 14.6 Å². The Balaban J connectivity index is 1.38. The number of hydrogen-bond donors (Lipinski definition) is 1. The van der Waals surface area contributed by atoms with Gasteiger partial charge in [-0.1, -0.05) is 12.1 Å². The maximum absolute atomic E-state index is 13.6. The van der Waals surface area contributed by atoms with Gasteiger partial charge in [0, 0.05) is 31.1 Å². The third-order valence-corrected chi connectivity index (χ3v) is 4.85. The van der Waals surface area contributed by atoms with Gasteiger partial charge in [0.15, 0.2) is 0 Å². The molecule has 0 atom stereocenters. The van der Waals surface area contributed by atoms with Crippen LogP contribution < -0.4 is 5.32 Å². The summed E-state index contributed by atoms with van der Waals surface area (Å²) in [5.41, 5.74) is 1.85. The van der Waals surface area contributed by atoms with Crippen molar-refractivity contribution in [3.05, 3.63) is 66.0 Å². The number of benzene rings is 2. The Morgan fingerprint density at radius 2 is 1.69 bits per heavy atom. The molecule has 3 aromatic rings. The van der Waals surface area contributed by atoms with E-state index in [9.17, 15) is 8.78 Å². The van der Waals surface area contributed by atoms with Crippen molar-refractivity contribution in [3.8, 4) is 0 Å². The maximum atomic E-state index is 13.6. The van der Waals surface area contributed by atoms with Crippen LogP contribution in [0, 0.1) is 11.6 Å². The van der Waals surface area contributed by atoms with Crippen molar-refractivity contribution in [3.63, 3.8) is 0 Å². The minimum Gasteiger partial charge on any atom is -0.367 e. The molecule has 1 N–H and O–H groups in total. The minimum absolute atomic E-state index is 0.204. The van der Waals surface area contributed by atoms with Gasteiger partial charge in [-0.2, -0.15) is 0 Å². The number of nitrogens with one attached hydrogen (secondary N) is 1. The Morgan fingerprint density at radius 3 is 2.46 bits per heavy atom. The first-order chi connectivity index (χ1) is 12.7. The molecule has 26 heavy (non-hydrogen) atoms. The smallest absolute Gasteiger partial charge is 0.137 e. The van der Waals surface area contributed by atoms with Gasteiger partial charge in [-0.3, -0.25) is 4.90 Å². The zero-order valence-corrected chi connectivity index (χ0v) is 14.3. The molecule has 4 nitrogen and oxygen atoms in total. The third kappa shape index (κ3) is 3.80. The lowest BCUT2D eigenvalue weighted by Gasteiger charge is -2.32. The topological polar surface area (TPSA) is 41.0 Å². The summed E-state index contributed by atoms with van der Waals surface area (Å²) in [4.78, 5) is 10.9. The zero-order chi connectivity index (χ0) is 17.9. The van der Waals surface area contributed by atoms with E-state index in [1.165, 1.54) is 30.6 Å². The number of rotatable bonds is 4. The van der Waals surface area contributed by atoms with E-state index in [1.54, 1.807) is 6.07 Å². The Bertz CT molecular complexity index is 890. The van der Waals surface area contributed by atoms with Crippen molar-refractivity contribution in [1.82, 2.24) is 14.9 Å². The molecule has 2 aromatic carbocycles. The van der Waals surface area contributed by atoms with Crippen LogP contribution in [0.5, 0.6) is 0 Å². The summed E-state index contributed by atoms with van der Waals surface area (Å²) in [6.45, 7) is 2.73. The lowest BCUT2D eigenvalue weighted by Crippen LogP contribution is -2.38. The first-order valence-electron chi connectivity index (χ1n) is 8.81. The Labute approximate surface area is 150 Å². The highest BCUT2D eigenvalue weighted by Gasteiger charge is 2.20. The predicted molar refractivity (Wildman–Crippen MR) is 97.8 cm³/mol. The fraction of sp³-hybridized carbons (Fsp3) is 0.300. The van der Waals surface area contributed by atoms with Gasteiger partial charge in [0.05, 0.1) is 5.52 Å². The van der Waals surface area contributed by atoms with Crippen LogP contribution in [-0.4, -0.2) is 34.0 Å². The highest BCUT2D eigenvalue weighted by Crippen LogP contribution is 2.23. The molecule has 0 radical (unpaired) electrons. The molecule has 0 spiro atoms. The Kier molecular flexibility index (Phi) is 4.75. The summed E-state index contributed by atoms with van der Waals surface area (Å²) in [5.74, 6) is 0.195. The van der Waals surface area contributed by atoms with E-state index in [2.05, 4.69) is 20.2 Å². The summed E-state index contributed by atoms with van der Waals surface area (Å²) in [5, 5.41) is 4.16. The summed E-state index contributed by atoms with van der Waals surface area (Å²) < 4.78 is 26.6. The Hall–Kier alpha value is -2.60. The standard InChI is InChI=1S/C20H20F2N4/c21-15-3-1-14(2-4-15)12-26-9-7-17(8-10-26)25-20-18-11-16(22)5-6-19(18)23-13-24-20/h1-6,11,13,17H,7-10,12H2,(H,23,24,25). The van der Waals surface area contributed by atoms with Crippen molar-refractivity contribution in [1.29, 1.82) is 0 Å². The van der Waals surface area contributed by atoms with Crippen LogP contribution >= 0.6 is 0 Å². The van der Waals surface area contributed by atoms with E-state index in [1.807, 2.05) is 12.1 Å². The van der Waals surface area contributed by atoms with Crippen LogP contribution in [0.25, 0.3) is 10.9 Å². The minimum atomic E-state index is -0.288. The first-order valence-corrected chi connectivity index (χ1v) is 8.81. The lowest BCUT2D eigenvalue weighted by atomic mass is 10.0. The van der Waals surface area contributed by atoms with Gasteiger partial charge in [-0.05, 0) is 48.7 Å². The second kappa shape index (κ2) is 7.33. The van der Waals surface area contributed by atoms with Crippen LogP contribution in [0.3, 0.4) is 0 Å². The molecule has 1 aliphatic heterocycles. The number of aromatic nitrogens is 2. The summed E-state index contributed by atoms with van der Waals surface area (Å²) in [6, 6.07) is 11.5. The monoisotopic (exact) mass is 354 g/mol. The first kappa shape index (κ1) is 16.8. The van der Waals surface area contributed by atoms with Gasteiger partial charge < -0.3 is 5.32 Å². The molecule has 1 fully saturated rings. The van der Waals surface area contributed by atoms with Gasteiger partial charge in [0.1, 0.15) is 23.8 Å². The molecule has 4 rings (SSSR count). The van der Waals surface area contributed by atoms with Crippen LogP contribution in [0.2, 0.25) is 0 Å². The average molecular weight is 354 g/mol. The van der Waals surface area contributed by atoms with Gasteiger partial charge in [-0.25, -0.2) is 18.7 Å². The van der Waals surface area contributed by atoms with Gasteiger partial charge in [-0.15, -0.1) is 0 Å². The number of likely N-dealkylation sites (tertiary alicyclic amines) is 1. The molecular weight excluding hydrogens is 334 g/mol. The van der Waals surface area contributed by atoms with E-state index < -0.39 is 0 Å². The number of hydrogen-bond acceptors (Lipinski definition) is 4. The summed E-state index contributed by atoms with van der Waals surface area (Å²) in [7, 11) is 0. The number of anilines is 1. The maximum Gasteiger partial charge on any atom is 0.137 e. The largest absolute Gasteiger partial charge is 0.367 e. The summed E-state index contributed by atoms with van der Waals surface area (Å²) >= 11 is 0. The zero-order valence-electron chi connectivity index (χ0n) is 14.3. The fourth-order valence-corrected chi connectivity index (χ4v) is 3.42. The van der Waals surface area contributed by atoms with Crippen LogP contribution in [0.15, 0.2) is 48.8 Å². The van der Waals surface area contributed by atoms with Gasteiger partial charge >= 0.3 is 0 Å². The van der Waals surface area contributed by atoms with Gasteiger partial charge in [0.2, 0.25) is 0 Å². The van der Waals surface area contributed by atoms with Gasteiger partial charge in [0.25, 0.3) is 0 Å². The normalized spacial score (nSPS) is 16.1. The van der Waals surface area contributed by atoms with Crippen LogP contribution in [0.1, 0.15) is 18.4 Å². The molecule has 0 amide bonds. The van der Waals surface area contributed by atoms with E-state index >= 15 is 0 Å². The Morgan fingerprint density at radius 1 is 0.962 bits per heavy atom. The highest BCUT2D eigenvalue weighted by molar-refractivity contribution is 5.88. The fourth-order valence-electron chi connectivity index (χ4n) is 3.42. The highest BCUT2D eigenvalue weighted by atomic mass is 19.1. The summed E-state index contributed by atoms with van der Waals surface area (Å²) in [6.07, 6.45) is 3.45. The van der Waals surface area contributed by atoms with Crippen molar-refractivity contribution < 1.29 is 8.78 Å². The van der Waals surface area contributed by atoms with E-state index in [0.29, 0.717) is 17.2 Å². The second-order valence-electron chi connectivity index (χ2n) is 6.70. The van der Waals surface area contributed by atoms with E-state index in [0.717, 1.165) is 43.6 Å². The number of piperidine rings is 1. The number of fused-ring (bicyclic) bond motifs is 1. The van der Waals surface area contributed by atoms with E-state index in [-0.39, 0.29) is 11.6 Å². The molecule has 1 saturated heterocycles. The quantitative estimate of drug-likeness (QED) is 0.769. The van der Waals surface area contributed by atoms with Crippen molar-refractivity contribution >= 4 is 16.7 Å². The number of nitrogens with zero attached hydrogens (tertiary/aromatic N) is 3. The second-order valence-corrected chi connectivity index (χ2v) is 6.70. The predicted octanol–water partition coefficient (Wildman–Crippen LogP) is 3.98. The lowest BCUT2D eigenvalue weighted by molar-refractivity contribution is 0.211. The molecule has 1 aromatic heterocycles. The van der Waals surface area contributed by atoms with Crippen molar-refractivity contribution in [2.24, 2.45) is 0 Å². The molecular formula is C20H20F2N4. The molecule has 0 aliphatic carbocycles. The van der Waals surface area contributed by atoms with Crippen molar-refractivity contribution in [2.75, 3.05) is 18.4 Å². The SMILES string of the molecule is Fc1ccc(CN2CCC(Nc3ncnc4ccc(F)cc34)CC2)cc1. The molecule has 0 unspecified atom stereocenters. The third-order valence-electron chi connectivity index (χ3n) is 4.85. The molecule has 1 aliphatic rings. The molecule has 6 heteroatoms. The van der Waals surface area contributed by atoms with Crippen molar-refractivity contribution in [2.45, 2.75) is 25.4 Å². The molecule has 0 saturated carbocycles. The number of halogens is 2. The molecule has 134 valence electrons. The molecule has 0 bridgehead atoms. The average Bonchev–Trinajstić information content (AvgIpc) is 2.66. The molecule has 2 heterocycles.